The lowest BCUT2D eigenvalue weighted by molar-refractivity contribution is 0.251. The average Bonchev–Trinajstić information content (AvgIpc) is 2.32. The molecule has 94 valence electrons. The van der Waals surface area contributed by atoms with Crippen LogP contribution in [0.25, 0.3) is 0 Å². The highest BCUT2D eigenvalue weighted by Crippen LogP contribution is 2.30. The second-order valence-corrected chi connectivity index (χ2v) is 6.08. The van der Waals surface area contributed by atoms with E-state index in [9.17, 15) is 5.11 Å². The Morgan fingerprint density at radius 2 is 2.00 bits per heavy atom. The molecule has 0 heterocycles. The number of halogens is 1. The largest absolute Gasteiger partial charge is 0.506 e. The van der Waals surface area contributed by atoms with Crippen LogP contribution in [0.3, 0.4) is 0 Å². The maximum absolute atomic E-state index is 9.92. The molecule has 1 aliphatic rings. The van der Waals surface area contributed by atoms with E-state index >= 15 is 0 Å². The third kappa shape index (κ3) is 3.23. The molecule has 1 aromatic carbocycles. The van der Waals surface area contributed by atoms with Gasteiger partial charge >= 0.3 is 0 Å². The van der Waals surface area contributed by atoms with E-state index in [-0.39, 0.29) is 5.54 Å². The minimum absolute atomic E-state index is 0.243. The molecule has 0 bridgehead atoms. The van der Waals surface area contributed by atoms with Gasteiger partial charge in [0.25, 0.3) is 0 Å². The van der Waals surface area contributed by atoms with E-state index in [0.717, 1.165) is 16.6 Å². The zero-order chi connectivity index (χ0) is 12.3. The van der Waals surface area contributed by atoms with Crippen LogP contribution in [0.2, 0.25) is 0 Å². The number of aromatic hydroxyl groups is 1. The summed E-state index contributed by atoms with van der Waals surface area (Å²) in [7, 11) is 0. The van der Waals surface area contributed by atoms with Gasteiger partial charge < -0.3 is 10.4 Å². The molecule has 2 N–H and O–H groups in total. The Morgan fingerprint density at radius 3 is 2.71 bits per heavy atom. The van der Waals surface area contributed by atoms with Crippen LogP contribution in [0.5, 0.6) is 5.75 Å². The molecule has 3 heteroatoms. The fourth-order valence-corrected chi connectivity index (χ4v) is 2.93. The Balaban J connectivity index is 1.99. The summed E-state index contributed by atoms with van der Waals surface area (Å²) in [5, 5.41) is 13.5. The summed E-state index contributed by atoms with van der Waals surface area (Å²) in [5.41, 5.74) is 1.21. The molecule has 1 fully saturated rings. The number of hydrogen-bond acceptors (Lipinski definition) is 2. The number of rotatable bonds is 3. The Kier molecular flexibility index (Phi) is 4.10. The highest BCUT2D eigenvalue weighted by Gasteiger charge is 2.26. The number of hydrogen-bond donors (Lipinski definition) is 2. The van der Waals surface area contributed by atoms with Gasteiger partial charge in [-0.3, -0.25) is 0 Å². The maximum atomic E-state index is 9.92. The summed E-state index contributed by atoms with van der Waals surface area (Å²) in [6.45, 7) is 3.03. The van der Waals surface area contributed by atoms with Gasteiger partial charge in [-0.05, 0) is 41.8 Å². The summed E-state index contributed by atoms with van der Waals surface area (Å²) in [5.74, 6) is 0.361. The summed E-state index contributed by atoms with van der Waals surface area (Å²) in [6.07, 6.45) is 6.46. The topological polar surface area (TPSA) is 32.3 Å². The van der Waals surface area contributed by atoms with Crippen LogP contribution in [0.4, 0.5) is 0 Å². The van der Waals surface area contributed by atoms with Gasteiger partial charge in [-0.1, -0.05) is 31.4 Å². The van der Waals surface area contributed by atoms with Gasteiger partial charge in [0, 0.05) is 17.6 Å². The molecule has 0 unspecified atom stereocenters. The van der Waals surface area contributed by atoms with Gasteiger partial charge in [-0.25, -0.2) is 0 Å². The molecule has 1 aliphatic carbocycles. The average molecular weight is 298 g/mol. The molecule has 1 aromatic rings. The summed E-state index contributed by atoms with van der Waals surface area (Å²) >= 11 is 3.35. The smallest absolute Gasteiger partial charge is 0.134 e. The molecule has 17 heavy (non-hydrogen) atoms. The maximum Gasteiger partial charge on any atom is 0.134 e. The fraction of sp³-hybridized carbons (Fsp3) is 0.571. The fourth-order valence-electron chi connectivity index (χ4n) is 2.52. The van der Waals surface area contributed by atoms with Crippen LogP contribution >= 0.6 is 15.9 Å². The predicted octanol–water partition coefficient (Wildman–Crippen LogP) is 3.97. The van der Waals surface area contributed by atoms with Crippen molar-refractivity contribution in [3.8, 4) is 5.75 Å². The SMILES string of the molecule is CC1(NCc2cccc(Br)c2O)CCCCC1. The summed E-state index contributed by atoms with van der Waals surface area (Å²) < 4.78 is 0.769. The van der Waals surface area contributed by atoms with Crippen LogP contribution in [-0.2, 0) is 6.54 Å². The number of phenolic OH excluding ortho intramolecular Hbond substituents is 1. The molecule has 2 nitrogen and oxygen atoms in total. The molecule has 0 aliphatic heterocycles. The van der Waals surface area contributed by atoms with Crippen molar-refractivity contribution in [2.24, 2.45) is 0 Å². The van der Waals surface area contributed by atoms with Crippen LogP contribution in [0, 0.1) is 0 Å². The van der Waals surface area contributed by atoms with Crippen molar-refractivity contribution in [1.82, 2.24) is 5.32 Å². The first kappa shape index (κ1) is 12.9. The second-order valence-electron chi connectivity index (χ2n) is 5.22. The lowest BCUT2D eigenvalue weighted by Gasteiger charge is -2.35. The van der Waals surface area contributed by atoms with Gasteiger partial charge in [0.15, 0.2) is 0 Å². The summed E-state index contributed by atoms with van der Waals surface area (Å²) in [4.78, 5) is 0. The molecular weight excluding hydrogens is 278 g/mol. The van der Waals surface area contributed by atoms with Crippen molar-refractivity contribution in [2.45, 2.75) is 51.1 Å². The van der Waals surface area contributed by atoms with Gasteiger partial charge in [0.1, 0.15) is 5.75 Å². The first-order chi connectivity index (χ1) is 8.11. The zero-order valence-electron chi connectivity index (χ0n) is 10.3. The van der Waals surface area contributed by atoms with Crippen molar-refractivity contribution < 1.29 is 5.11 Å². The number of benzene rings is 1. The van der Waals surface area contributed by atoms with E-state index in [1.807, 2.05) is 18.2 Å². The third-order valence-electron chi connectivity index (χ3n) is 3.73. The Hall–Kier alpha value is -0.540. The monoisotopic (exact) mass is 297 g/mol. The van der Waals surface area contributed by atoms with E-state index in [0.29, 0.717) is 5.75 Å². The van der Waals surface area contributed by atoms with E-state index in [4.69, 9.17) is 0 Å². The summed E-state index contributed by atoms with van der Waals surface area (Å²) in [6, 6.07) is 5.80. The van der Waals surface area contributed by atoms with E-state index in [2.05, 4.69) is 28.2 Å². The van der Waals surface area contributed by atoms with Crippen molar-refractivity contribution >= 4 is 15.9 Å². The van der Waals surface area contributed by atoms with Gasteiger partial charge in [0.05, 0.1) is 4.47 Å². The number of nitrogens with one attached hydrogen (secondary N) is 1. The van der Waals surface area contributed by atoms with Crippen LogP contribution in [0.15, 0.2) is 22.7 Å². The highest BCUT2D eigenvalue weighted by atomic mass is 79.9. The minimum Gasteiger partial charge on any atom is -0.506 e. The van der Waals surface area contributed by atoms with E-state index < -0.39 is 0 Å². The van der Waals surface area contributed by atoms with Crippen LogP contribution < -0.4 is 5.32 Å². The van der Waals surface area contributed by atoms with Crippen LogP contribution in [-0.4, -0.2) is 10.6 Å². The van der Waals surface area contributed by atoms with Gasteiger partial charge in [-0.2, -0.15) is 0 Å². The Morgan fingerprint density at radius 1 is 1.29 bits per heavy atom. The zero-order valence-corrected chi connectivity index (χ0v) is 11.9. The number of para-hydroxylation sites is 1. The minimum atomic E-state index is 0.243. The molecule has 2 rings (SSSR count). The van der Waals surface area contributed by atoms with Gasteiger partial charge in [-0.15, -0.1) is 0 Å². The number of phenols is 1. The Bertz CT molecular complexity index is 386. The Labute approximate surface area is 112 Å². The molecule has 0 saturated heterocycles. The van der Waals surface area contributed by atoms with E-state index in [1.165, 1.54) is 32.1 Å². The predicted molar refractivity (Wildman–Crippen MR) is 74.1 cm³/mol. The molecule has 0 amide bonds. The standard InChI is InChI=1S/C14H20BrNO/c1-14(8-3-2-4-9-14)16-10-11-6-5-7-12(15)13(11)17/h5-7,16-17H,2-4,8-10H2,1H3. The van der Waals surface area contributed by atoms with Crippen molar-refractivity contribution in [1.29, 1.82) is 0 Å². The first-order valence-corrected chi connectivity index (χ1v) is 7.11. The molecule has 1 saturated carbocycles. The van der Waals surface area contributed by atoms with Crippen molar-refractivity contribution in [3.05, 3.63) is 28.2 Å². The molecule has 0 atom stereocenters. The quantitative estimate of drug-likeness (QED) is 0.885. The normalized spacial score (nSPS) is 19.2. The molecule has 0 radical (unpaired) electrons. The lowest BCUT2D eigenvalue weighted by Crippen LogP contribution is -2.43. The van der Waals surface area contributed by atoms with Gasteiger partial charge in [0.2, 0.25) is 0 Å². The molecular formula is C14H20BrNO. The van der Waals surface area contributed by atoms with Crippen molar-refractivity contribution in [3.63, 3.8) is 0 Å². The third-order valence-corrected chi connectivity index (χ3v) is 4.37. The second kappa shape index (κ2) is 5.40. The first-order valence-electron chi connectivity index (χ1n) is 6.32. The molecule has 0 spiro atoms. The van der Waals surface area contributed by atoms with Crippen LogP contribution in [0.1, 0.15) is 44.6 Å². The lowest BCUT2D eigenvalue weighted by atomic mass is 9.83. The highest BCUT2D eigenvalue weighted by molar-refractivity contribution is 9.10. The van der Waals surface area contributed by atoms with E-state index in [1.54, 1.807) is 0 Å². The van der Waals surface area contributed by atoms with Crippen molar-refractivity contribution in [2.75, 3.05) is 0 Å². The molecule has 0 aromatic heterocycles.